The molecule has 0 aliphatic heterocycles. The van der Waals surface area contributed by atoms with Gasteiger partial charge in [-0.25, -0.2) is 4.79 Å². The van der Waals surface area contributed by atoms with Gasteiger partial charge in [0.25, 0.3) is 5.91 Å². The Labute approximate surface area is 177 Å². The van der Waals surface area contributed by atoms with Crippen molar-refractivity contribution >= 4 is 41.2 Å². The number of carbonyl (C=O) groups excluding carboxylic acids is 1. The molecule has 0 spiro atoms. The summed E-state index contributed by atoms with van der Waals surface area (Å²) in [7, 11) is 0. The van der Waals surface area contributed by atoms with Gasteiger partial charge in [0.1, 0.15) is 11.4 Å². The number of carboxylic acids is 1. The highest BCUT2D eigenvalue weighted by atomic mass is 35.5. The Hall–Kier alpha value is -3.28. The van der Waals surface area contributed by atoms with E-state index in [1.54, 1.807) is 72.8 Å². The predicted octanol–water partition coefficient (Wildman–Crippen LogP) is 5.64. The molecule has 0 radical (unpaired) electrons. The van der Waals surface area contributed by atoms with Crippen molar-refractivity contribution < 1.29 is 19.4 Å². The van der Waals surface area contributed by atoms with Crippen LogP contribution in [0.15, 0.2) is 78.5 Å². The minimum atomic E-state index is -1.25. The minimum absolute atomic E-state index is 0.248. The number of hydrogen-bond acceptors (Lipinski definition) is 3. The number of para-hydroxylation sites is 1. The third-order valence-electron chi connectivity index (χ3n) is 3.84. The molecule has 0 aromatic heterocycles. The van der Waals surface area contributed by atoms with Crippen LogP contribution in [0.2, 0.25) is 10.0 Å². The molecule has 3 rings (SSSR count). The molecule has 0 bridgehead atoms. The van der Waals surface area contributed by atoms with Gasteiger partial charge in [-0.15, -0.1) is 0 Å². The lowest BCUT2D eigenvalue weighted by molar-refractivity contribution is -0.132. The van der Waals surface area contributed by atoms with Crippen LogP contribution in [-0.4, -0.2) is 17.0 Å². The average molecular weight is 428 g/mol. The molecule has 0 heterocycles. The maximum atomic E-state index is 12.2. The standard InChI is InChI=1S/C22H15Cl2NO4/c23-17-7-4-8-18(24)20(17)29-16-11-9-14(10-12-16)13-19(22(27)28)25-21(26)15-5-2-1-3-6-15/h1-13H,(H,25,26)(H,27,28). The Morgan fingerprint density at radius 2 is 1.48 bits per heavy atom. The van der Waals surface area contributed by atoms with Gasteiger partial charge in [0, 0.05) is 5.56 Å². The Kier molecular flexibility index (Phi) is 6.54. The smallest absolute Gasteiger partial charge is 0.352 e. The number of ether oxygens (including phenoxy) is 1. The van der Waals surface area contributed by atoms with Crippen molar-refractivity contribution in [1.29, 1.82) is 0 Å². The summed E-state index contributed by atoms with van der Waals surface area (Å²) in [6.45, 7) is 0. The van der Waals surface area contributed by atoms with E-state index in [0.717, 1.165) is 0 Å². The second-order valence-corrected chi connectivity index (χ2v) is 6.72. The molecule has 146 valence electrons. The summed E-state index contributed by atoms with van der Waals surface area (Å²) < 4.78 is 5.70. The fourth-order valence-corrected chi connectivity index (χ4v) is 2.91. The zero-order chi connectivity index (χ0) is 20.8. The van der Waals surface area contributed by atoms with Gasteiger partial charge in [-0.3, -0.25) is 4.79 Å². The Bertz CT molecular complexity index is 1040. The number of hydrogen-bond donors (Lipinski definition) is 2. The summed E-state index contributed by atoms with van der Waals surface area (Å²) in [5.74, 6) is -0.951. The number of nitrogens with one attached hydrogen (secondary N) is 1. The summed E-state index contributed by atoms with van der Waals surface area (Å²) >= 11 is 12.2. The van der Waals surface area contributed by atoms with E-state index in [2.05, 4.69) is 5.32 Å². The van der Waals surface area contributed by atoms with Gasteiger partial charge in [-0.05, 0) is 48.0 Å². The minimum Gasteiger partial charge on any atom is -0.477 e. The molecular formula is C22H15Cl2NO4. The van der Waals surface area contributed by atoms with Crippen LogP contribution < -0.4 is 10.1 Å². The molecule has 0 aliphatic carbocycles. The maximum absolute atomic E-state index is 12.2. The molecule has 0 saturated heterocycles. The number of rotatable bonds is 6. The molecule has 0 aliphatic rings. The van der Waals surface area contributed by atoms with Crippen LogP contribution >= 0.6 is 23.2 Å². The first-order valence-electron chi connectivity index (χ1n) is 8.47. The quantitative estimate of drug-likeness (QED) is 0.498. The lowest BCUT2D eigenvalue weighted by Crippen LogP contribution is -2.27. The van der Waals surface area contributed by atoms with Gasteiger partial charge in [0.05, 0.1) is 10.0 Å². The molecule has 2 N–H and O–H groups in total. The van der Waals surface area contributed by atoms with E-state index in [9.17, 15) is 14.7 Å². The van der Waals surface area contributed by atoms with Crippen molar-refractivity contribution in [2.24, 2.45) is 0 Å². The summed E-state index contributed by atoms with van der Waals surface area (Å²) in [5.41, 5.74) is 0.676. The van der Waals surface area contributed by atoms with Crippen LogP contribution in [0.3, 0.4) is 0 Å². The van der Waals surface area contributed by atoms with Crippen LogP contribution in [0, 0.1) is 0 Å². The van der Waals surface area contributed by atoms with E-state index < -0.39 is 11.9 Å². The van der Waals surface area contributed by atoms with Crippen LogP contribution in [0.4, 0.5) is 0 Å². The van der Waals surface area contributed by atoms with Crippen molar-refractivity contribution in [3.63, 3.8) is 0 Å². The van der Waals surface area contributed by atoms with Crippen molar-refractivity contribution in [3.8, 4) is 11.5 Å². The number of aliphatic carboxylic acids is 1. The van der Waals surface area contributed by atoms with Crippen molar-refractivity contribution in [2.75, 3.05) is 0 Å². The summed E-state index contributed by atoms with van der Waals surface area (Å²) in [5, 5.41) is 12.6. The molecule has 0 saturated carbocycles. The maximum Gasteiger partial charge on any atom is 0.352 e. The second-order valence-electron chi connectivity index (χ2n) is 5.91. The monoisotopic (exact) mass is 427 g/mol. The van der Waals surface area contributed by atoms with E-state index in [4.69, 9.17) is 27.9 Å². The number of carboxylic acid groups (broad SMARTS) is 1. The SMILES string of the molecule is O=C(O)C(=Cc1ccc(Oc2c(Cl)cccc2Cl)cc1)NC(=O)c1ccccc1. The second kappa shape index (κ2) is 9.28. The third kappa shape index (κ3) is 5.38. The topological polar surface area (TPSA) is 75.6 Å². The Morgan fingerprint density at radius 3 is 2.07 bits per heavy atom. The molecule has 29 heavy (non-hydrogen) atoms. The van der Waals surface area contributed by atoms with E-state index in [0.29, 0.717) is 32.7 Å². The van der Waals surface area contributed by atoms with Crippen LogP contribution in [0.1, 0.15) is 15.9 Å². The number of benzene rings is 3. The Morgan fingerprint density at radius 1 is 0.862 bits per heavy atom. The predicted molar refractivity (Wildman–Crippen MR) is 112 cm³/mol. The highest BCUT2D eigenvalue weighted by Gasteiger charge is 2.13. The van der Waals surface area contributed by atoms with Gasteiger partial charge in [0.2, 0.25) is 0 Å². The molecule has 5 nitrogen and oxygen atoms in total. The van der Waals surface area contributed by atoms with Crippen LogP contribution in [-0.2, 0) is 4.79 Å². The first-order chi connectivity index (χ1) is 13.9. The molecule has 7 heteroatoms. The number of halogens is 2. The molecule has 1 amide bonds. The fraction of sp³-hybridized carbons (Fsp3) is 0. The molecule has 0 unspecified atom stereocenters. The van der Waals surface area contributed by atoms with Crippen LogP contribution in [0.5, 0.6) is 11.5 Å². The molecular weight excluding hydrogens is 413 g/mol. The summed E-state index contributed by atoms with van der Waals surface area (Å²) in [4.78, 5) is 23.7. The number of amides is 1. The third-order valence-corrected chi connectivity index (χ3v) is 4.44. The zero-order valence-electron chi connectivity index (χ0n) is 14.9. The van der Waals surface area contributed by atoms with E-state index in [-0.39, 0.29) is 5.70 Å². The van der Waals surface area contributed by atoms with Crippen molar-refractivity contribution in [2.45, 2.75) is 0 Å². The van der Waals surface area contributed by atoms with Crippen LogP contribution in [0.25, 0.3) is 6.08 Å². The Balaban J connectivity index is 1.77. The molecule has 3 aromatic rings. The normalized spacial score (nSPS) is 11.0. The zero-order valence-corrected chi connectivity index (χ0v) is 16.4. The van der Waals surface area contributed by atoms with Gasteiger partial charge >= 0.3 is 5.97 Å². The van der Waals surface area contributed by atoms with E-state index in [1.165, 1.54) is 6.08 Å². The first kappa shape index (κ1) is 20.5. The lowest BCUT2D eigenvalue weighted by atomic mass is 10.1. The van der Waals surface area contributed by atoms with Gasteiger partial charge in [0.15, 0.2) is 5.75 Å². The van der Waals surface area contributed by atoms with Gasteiger partial charge in [-0.2, -0.15) is 0 Å². The highest BCUT2D eigenvalue weighted by Crippen LogP contribution is 2.36. The van der Waals surface area contributed by atoms with Crippen molar-refractivity contribution in [1.82, 2.24) is 5.32 Å². The molecule has 0 atom stereocenters. The summed E-state index contributed by atoms with van der Waals surface area (Å²) in [6, 6.07) is 20.0. The van der Waals surface area contributed by atoms with E-state index in [1.807, 2.05) is 0 Å². The van der Waals surface area contributed by atoms with Gasteiger partial charge < -0.3 is 15.2 Å². The molecule has 0 fully saturated rings. The average Bonchev–Trinajstić information content (AvgIpc) is 2.72. The summed E-state index contributed by atoms with van der Waals surface area (Å²) in [6.07, 6.45) is 1.36. The first-order valence-corrected chi connectivity index (χ1v) is 9.23. The van der Waals surface area contributed by atoms with E-state index >= 15 is 0 Å². The fourth-order valence-electron chi connectivity index (χ4n) is 2.43. The number of carbonyl (C=O) groups is 2. The largest absolute Gasteiger partial charge is 0.477 e. The lowest BCUT2D eigenvalue weighted by Gasteiger charge is -2.10. The molecule has 3 aromatic carbocycles. The van der Waals surface area contributed by atoms with Crippen molar-refractivity contribution in [3.05, 3.63) is 99.7 Å². The highest BCUT2D eigenvalue weighted by molar-refractivity contribution is 6.37. The van der Waals surface area contributed by atoms with Gasteiger partial charge in [-0.1, -0.05) is 59.6 Å².